The maximum Gasteiger partial charge on any atom is 0.262 e. The SMILES string of the molecule is COc1ccccc1NC(=O)C(CCSC)N1C(=O)c2ccccc2C1=O. The molecule has 0 fully saturated rings. The normalized spacial score (nSPS) is 14.1. The number of hydrogen-bond acceptors (Lipinski definition) is 5. The molecule has 1 atom stereocenters. The lowest BCUT2D eigenvalue weighted by atomic mass is 10.1. The Labute approximate surface area is 161 Å². The van der Waals surface area contributed by atoms with E-state index in [-0.39, 0.29) is 0 Å². The van der Waals surface area contributed by atoms with Gasteiger partial charge >= 0.3 is 0 Å². The number of carbonyl (C=O) groups is 3. The predicted octanol–water partition coefficient (Wildman–Crippen LogP) is 3.05. The Bertz CT molecular complexity index is 849. The van der Waals surface area contributed by atoms with E-state index < -0.39 is 23.8 Å². The average molecular weight is 384 g/mol. The summed E-state index contributed by atoms with van der Waals surface area (Å²) in [4.78, 5) is 39.6. The van der Waals surface area contributed by atoms with Crippen LogP contribution in [0.4, 0.5) is 5.69 Å². The highest BCUT2D eigenvalue weighted by Gasteiger charge is 2.42. The van der Waals surface area contributed by atoms with Gasteiger partial charge in [-0.2, -0.15) is 11.8 Å². The van der Waals surface area contributed by atoms with E-state index in [0.717, 1.165) is 4.90 Å². The molecule has 2 aromatic carbocycles. The molecule has 0 saturated heterocycles. The molecule has 3 amide bonds. The largest absolute Gasteiger partial charge is 0.495 e. The van der Waals surface area contributed by atoms with Crippen LogP contribution in [-0.2, 0) is 4.79 Å². The summed E-state index contributed by atoms with van der Waals surface area (Å²) in [6.45, 7) is 0. The Morgan fingerprint density at radius 1 is 1.07 bits per heavy atom. The van der Waals surface area contributed by atoms with Crippen LogP contribution in [0, 0.1) is 0 Å². The van der Waals surface area contributed by atoms with Crippen molar-refractivity contribution >= 4 is 35.2 Å². The Hall–Kier alpha value is -2.80. The summed E-state index contributed by atoms with van der Waals surface area (Å²) >= 11 is 1.55. The standard InChI is InChI=1S/C20H20N2O4S/c1-26-17-10-6-5-9-15(17)21-18(23)16(11-12-27-2)22-19(24)13-7-3-4-8-14(13)20(22)25/h3-10,16H,11-12H2,1-2H3,(H,21,23). The predicted molar refractivity (Wildman–Crippen MR) is 105 cm³/mol. The van der Waals surface area contributed by atoms with Gasteiger partial charge in [-0.15, -0.1) is 0 Å². The second kappa shape index (κ2) is 8.26. The first kappa shape index (κ1) is 19.0. The van der Waals surface area contributed by atoms with Crippen molar-refractivity contribution in [2.45, 2.75) is 12.5 Å². The fourth-order valence-electron chi connectivity index (χ4n) is 3.06. The number of fused-ring (bicyclic) bond motifs is 1. The number of carbonyl (C=O) groups excluding carboxylic acids is 3. The number of nitrogens with zero attached hydrogens (tertiary/aromatic N) is 1. The number of benzene rings is 2. The Kier molecular flexibility index (Phi) is 5.81. The minimum absolute atomic E-state index is 0.335. The van der Waals surface area contributed by atoms with Crippen LogP contribution >= 0.6 is 11.8 Å². The summed E-state index contributed by atoms with van der Waals surface area (Å²) in [5.41, 5.74) is 1.17. The van der Waals surface area contributed by atoms with Gasteiger partial charge in [-0.25, -0.2) is 0 Å². The number of methoxy groups -OCH3 is 1. The monoisotopic (exact) mass is 384 g/mol. The van der Waals surface area contributed by atoms with Crippen molar-refractivity contribution in [3.8, 4) is 5.75 Å². The van der Waals surface area contributed by atoms with Crippen molar-refractivity contribution in [1.82, 2.24) is 4.90 Å². The third kappa shape index (κ3) is 3.68. The van der Waals surface area contributed by atoms with Crippen LogP contribution in [0.2, 0.25) is 0 Å². The topological polar surface area (TPSA) is 75.7 Å². The van der Waals surface area contributed by atoms with E-state index in [1.165, 1.54) is 7.11 Å². The second-order valence-corrected chi connectivity index (χ2v) is 7.00. The third-order valence-electron chi connectivity index (χ3n) is 4.40. The second-order valence-electron chi connectivity index (χ2n) is 6.01. The molecule has 0 radical (unpaired) electrons. The molecule has 27 heavy (non-hydrogen) atoms. The highest BCUT2D eigenvalue weighted by molar-refractivity contribution is 7.98. The number of anilines is 1. The van der Waals surface area contributed by atoms with E-state index in [1.54, 1.807) is 60.3 Å². The zero-order valence-electron chi connectivity index (χ0n) is 15.1. The highest BCUT2D eigenvalue weighted by atomic mass is 32.2. The van der Waals surface area contributed by atoms with E-state index in [2.05, 4.69) is 5.32 Å². The number of nitrogens with one attached hydrogen (secondary N) is 1. The van der Waals surface area contributed by atoms with E-state index in [1.807, 2.05) is 6.26 Å². The highest BCUT2D eigenvalue weighted by Crippen LogP contribution is 2.28. The molecule has 7 heteroatoms. The fraction of sp³-hybridized carbons (Fsp3) is 0.250. The van der Waals surface area contributed by atoms with Crippen LogP contribution in [0.25, 0.3) is 0 Å². The average Bonchev–Trinajstić information content (AvgIpc) is 2.94. The van der Waals surface area contributed by atoms with Crippen LogP contribution in [0.15, 0.2) is 48.5 Å². The first-order chi connectivity index (χ1) is 13.1. The zero-order valence-corrected chi connectivity index (χ0v) is 15.9. The molecule has 2 aromatic rings. The third-order valence-corrected chi connectivity index (χ3v) is 5.04. The summed E-state index contributed by atoms with van der Waals surface area (Å²) < 4.78 is 5.26. The van der Waals surface area contributed by atoms with Crippen molar-refractivity contribution in [2.75, 3.05) is 24.4 Å². The van der Waals surface area contributed by atoms with Crippen molar-refractivity contribution in [2.24, 2.45) is 0 Å². The molecule has 1 aliphatic heterocycles. The number of rotatable bonds is 7. The number of amides is 3. The Morgan fingerprint density at radius 2 is 1.67 bits per heavy atom. The fourth-order valence-corrected chi connectivity index (χ4v) is 3.52. The van der Waals surface area contributed by atoms with Gasteiger partial charge in [0.2, 0.25) is 5.91 Å². The molecule has 0 spiro atoms. The smallest absolute Gasteiger partial charge is 0.262 e. The van der Waals surface area contributed by atoms with Gasteiger partial charge in [-0.05, 0) is 42.7 Å². The Morgan fingerprint density at radius 3 is 2.26 bits per heavy atom. The number of ether oxygens (including phenoxy) is 1. The van der Waals surface area contributed by atoms with E-state index in [4.69, 9.17) is 4.74 Å². The minimum atomic E-state index is -0.894. The van der Waals surface area contributed by atoms with E-state index in [0.29, 0.717) is 34.7 Å². The van der Waals surface area contributed by atoms with Gasteiger partial charge in [0.05, 0.1) is 23.9 Å². The molecule has 1 heterocycles. The molecular formula is C20H20N2O4S. The van der Waals surface area contributed by atoms with E-state index >= 15 is 0 Å². The number of thioether (sulfide) groups is 1. The van der Waals surface area contributed by atoms with Crippen molar-refractivity contribution in [1.29, 1.82) is 0 Å². The number of para-hydroxylation sites is 2. The van der Waals surface area contributed by atoms with Crippen LogP contribution < -0.4 is 10.1 Å². The summed E-state index contributed by atoms with van der Waals surface area (Å²) in [5.74, 6) is -0.133. The van der Waals surface area contributed by atoms with Gasteiger partial charge < -0.3 is 10.1 Å². The molecule has 6 nitrogen and oxygen atoms in total. The summed E-state index contributed by atoms with van der Waals surface area (Å²) in [6, 6.07) is 12.8. The van der Waals surface area contributed by atoms with Gasteiger partial charge in [0, 0.05) is 0 Å². The zero-order chi connectivity index (χ0) is 19.4. The van der Waals surface area contributed by atoms with Crippen LogP contribution in [-0.4, -0.2) is 47.8 Å². The van der Waals surface area contributed by atoms with Gasteiger partial charge in [0.25, 0.3) is 11.8 Å². The molecular weight excluding hydrogens is 364 g/mol. The van der Waals surface area contributed by atoms with Crippen LogP contribution in [0.5, 0.6) is 5.75 Å². The number of hydrogen-bond donors (Lipinski definition) is 1. The lowest BCUT2D eigenvalue weighted by Crippen LogP contribution is -2.47. The van der Waals surface area contributed by atoms with Crippen LogP contribution in [0.1, 0.15) is 27.1 Å². The molecule has 1 aliphatic rings. The van der Waals surface area contributed by atoms with Gasteiger partial charge in [-0.1, -0.05) is 24.3 Å². The molecule has 1 N–H and O–H groups in total. The van der Waals surface area contributed by atoms with E-state index in [9.17, 15) is 14.4 Å². The first-order valence-electron chi connectivity index (χ1n) is 8.48. The van der Waals surface area contributed by atoms with Crippen LogP contribution in [0.3, 0.4) is 0 Å². The minimum Gasteiger partial charge on any atom is -0.495 e. The first-order valence-corrected chi connectivity index (χ1v) is 9.87. The molecule has 140 valence electrons. The lowest BCUT2D eigenvalue weighted by molar-refractivity contribution is -0.120. The van der Waals surface area contributed by atoms with Gasteiger partial charge in [-0.3, -0.25) is 19.3 Å². The molecule has 0 aromatic heterocycles. The summed E-state index contributed by atoms with van der Waals surface area (Å²) in [6.07, 6.45) is 2.28. The molecule has 1 unspecified atom stereocenters. The molecule has 3 rings (SSSR count). The summed E-state index contributed by atoms with van der Waals surface area (Å²) in [5, 5.41) is 2.80. The van der Waals surface area contributed by atoms with Gasteiger partial charge in [0.1, 0.15) is 11.8 Å². The number of imide groups is 1. The lowest BCUT2D eigenvalue weighted by Gasteiger charge is -2.25. The maximum atomic E-state index is 13.0. The van der Waals surface area contributed by atoms with Crippen molar-refractivity contribution in [3.05, 3.63) is 59.7 Å². The van der Waals surface area contributed by atoms with Crippen molar-refractivity contribution in [3.63, 3.8) is 0 Å². The van der Waals surface area contributed by atoms with Crippen molar-refractivity contribution < 1.29 is 19.1 Å². The maximum absolute atomic E-state index is 13.0. The quantitative estimate of drug-likeness (QED) is 0.743. The van der Waals surface area contributed by atoms with Gasteiger partial charge in [0.15, 0.2) is 0 Å². The molecule has 0 bridgehead atoms. The molecule has 0 aliphatic carbocycles. The Balaban J connectivity index is 1.89. The molecule has 0 saturated carbocycles. The summed E-state index contributed by atoms with van der Waals surface area (Å²) in [7, 11) is 1.51.